The lowest BCUT2D eigenvalue weighted by molar-refractivity contribution is 0.747. The molecule has 0 saturated heterocycles. The van der Waals surface area contributed by atoms with Crippen LogP contribution in [0.4, 0.5) is 5.69 Å². The Labute approximate surface area is 192 Å². The maximum absolute atomic E-state index is 4.08. The number of benzene rings is 3. The Kier molecular flexibility index (Phi) is 8.65. The van der Waals surface area contributed by atoms with Crippen molar-refractivity contribution in [2.24, 2.45) is 5.92 Å². The van der Waals surface area contributed by atoms with Gasteiger partial charge in [0.15, 0.2) is 0 Å². The zero-order valence-electron chi connectivity index (χ0n) is 18.7. The number of allylic oxidation sites excluding steroid dienone is 6. The summed E-state index contributed by atoms with van der Waals surface area (Å²) in [6.07, 6.45) is 15.2. The van der Waals surface area contributed by atoms with Crippen molar-refractivity contribution in [3.05, 3.63) is 140 Å². The fourth-order valence-electron chi connectivity index (χ4n) is 3.27. The molecule has 0 fully saturated rings. The van der Waals surface area contributed by atoms with Crippen molar-refractivity contribution in [3.63, 3.8) is 0 Å². The van der Waals surface area contributed by atoms with Gasteiger partial charge in [-0.15, -0.1) is 0 Å². The van der Waals surface area contributed by atoms with E-state index in [4.69, 9.17) is 0 Å². The molecule has 0 radical (unpaired) electrons. The second-order valence-corrected chi connectivity index (χ2v) is 7.80. The Balaban J connectivity index is 1.45. The average Bonchev–Trinajstić information content (AvgIpc) is 2.85. The third kappa shape index (κ3) is 7.14. The number of nitrogens with one attached hydrogen (secondary N) is 1. The van der Waals surface area contributed by atoms with Crippen LogP contribution in [0.15, 0.2) is 129 Å². The lowest BCUT2D eigenvalue weighted by Crippen LogP contribution is -1.90. The first-order valence-corrected chi connectivity index (χ1v) is 11.0. The summed E-state index contributed by atoms with van der Waals surface area (Å²) in [4.78, 5) is 0. The molecule has 1 heteroatoms. The molecular weight excluding hydrogens is 386 g/mol. The molecule has 0 aliphatic carbocycles. The largest absolute Gasteiger partial charge is 0.362 e. The highest BCUT2D eigenvalue weighted by Gasteiger charge is 1.98. The van der Waals surface area contributed by atoms with E-state index in [9.17, 15) is 0 Å². The molecule has 0 aliphatic heterocycles. The molecule has 3 aromatic carbocycles. The standard InChI is InChI=1S/C31H31N/c1-4-5-11-26(3)28-18-16-27(17-19-28)15-14-25(2)10-9-24-32-31-22-20-30(21-23-31)29-12-7-6-8-13-29/h4-9,11-25,32H,1,3,10H2,2H3/b11-5-,15-14-,24-9+. The van der Waals surface area contributed by atoms with E-state index < -0.39 is 0 Å². The number of anilines is 1. The molecule has 0 bridgehead atoms. The molecule has 1 unspecified atom stereocenters. The van der Waals surface area contributed by atoms with Gasteiger partial charge in [-0.05, 0) is 58.5 Å². The molecule has 0 heterocycles. The molecule has 0 aliphatic rings. The van der Waals surface area contributed by atoms with Gasteiger partial charge in [-0.2, -0.15) is 0 Å². The van der Waals surface area contributed by atoms with E-state index in [0.29, 0.717) is 5.92 Å². The number of rotatable bonds is 10. The van der Waals surface area contributed by atoms with Crippen LogP contribution in [0, 0.1) is 5.92 Å². The van der Waals surface area contributed by atoms with Crippen molar-refractivity contribution in [1.82, 2.24) is 0 Å². The molecule has 0 aromatic heterocycles. The normalized spacial score (nSPS) is 12.4. The first-order chi connectivity index (χ1) is 15.7. The van der Waals surface area contributed by atoms with Crippen LogP contribution in [-0.2, 0) is 0 Å². The fraction of sp³-hybridized carbons (Fsp3) is 0.0968. The van der Waals surface area contributed by atoms with Gasteiger partial charge in [-0.25, -0.2) is 0 Å². The lowest BCUT2D eigenvalue weighted by Gasteiger charge is -2.05. The lowest BCUT2D eigenvalue weighted by atomic mass is 10.0. The first-order valence-electron chi connectivity index (χ1n) is 11.0. The van der Waals surface area contributed by atoms with Crippen molar-refractivity contribution in [3.8, 4) is 11.1 Å². The third-order valence-corrected chi connectivity index (χ3v) is 5.20. The number of hydrogen-bond donors (Lipinski definition) is 1. The molecule has 160 valence electrons. The molecule has 3 aromatic rings. The molecule has 1 nitrogen and oxygen atoms in total. The van der Waals surface area contributed by atoms with E-state index >= 15 is 0 Å². The highest BCUT2D eigenvalue weighted by Crippen LogP contribution is 2.21. The van der Waals surface area contributed by atoms with Crippen LogP contribution < -0.4 is 5.32 Å². The molecule has 0 spiro atoms. The second-order valence-electron chi connectivity index (χ2n) is 7.80. The van der Waals surface area contributed by atoms with Crippen LogP contribution in [0.25, 0.3) is 22.8 Å². The molecular formula is C31H31N. The quantitative estimate of drug-likeness (QED) is 0.325. The monoisotopic (exact) mass is 417 g/mol. The molecule has 1 atom stereocenters. The second kappa shape index (κ2) is 12.1. The van der Waals surface area contributed by atoms with Crippen LogP contribution in [0.1, 0.15) is 24.5 Å². The molecule has 1 N–H and O–H groups in total. The summed E-state index contributed by atoms with van der Waals surface area (Å²) in [6, 6.07) is 27.4. The van der Waals surface area contributed by atoms with Gasteiger partial charge in [0.1, 0.15) is 0 Å². The van der Waals surface area contributed by atoms with Crippen LogP contribution in [0.5, 0.6) is 0 Å². The summed E-state index contributed by atoms with van der Waals surface area (Å²) in [5.74, 6) is 0.457. The average molecular weight is 418 g/mol. The predicted molar refractivity (Wildman–Crippen MR) is 142 cm³/mol. The van der Waals surface area contributed by atoms with Gasteiger partial charge in [0.2, 0.25) is 0 Å². The van der Waals surface area contributed by atoms with E-state index in [1.54, 1.807) is 6.08 Å². The van der Waals surface area contributed by atoms with Gasteiger partial charge in [0.05, 0.1) is 0 Å². The van der Waals surface area contributed by atoms with E-state index in [1.165, 1.54) is 16.7 Å². The molecule has 3 rings (SSSR count). The summed E-state index contributed by atoms with van der Waals surface area (Å²) < 4.78 is 0. The van der Waals surface area contributed by atoms with E-state index in [-0.39, 0.29) is 0 Å². The summed E-state index contributed by atoms with van der Waals surface area (Å²) >= 11 is 0. The van der Waals surface area contributed by atoms with Crippen molar-refractivity contribution in [1.29, 1.82) is 0 Å². The Morgan fingerprint density at radius 2 is 1.59 bits per heavy atom. The smallest absolute Gasteiger partial charge is 0.0380 e. The minimum absolute atomic E-state index is 0.457. The highest BCUT2D eigenvalue weighted by atomic mass is 14.8. The Morgan fingerprint density at radius 1 is 0.906 bits per heavy atom. The summed E-state index contributed by atoms with van der Waals surface area (Å²) in [7, 11) is 0. The van der Waals surface area contributed by atoms with Crippen LogP contribution in [0.3, 0.4) is 0 Å². The van der Waals surface area contributed by atoms with Gasteiger partial charge < -0.3 is 5.32 Å². The molecule has 32 heavy (non-hydrogen) atoms. The zero-order valence-corrected chi connectivity index (χ0v) is 18.7. The maximum atomic E-state index is 4.08. The molecule has 0 amide bonds. The first kappa shape index (κ1) is 22.8. The Morgan fingerprint density at radius 3 is 2.28 bits per heavy atom. The third-order valence-electron chi connectivity index (χ3n) is 5.20. The minimum Gasteiger partial charge on any atom is -0.362 e. The van der Waals surface area contributed by atoms with Gasteiger partial charge in [-0.1, -0.05) is 123 Å². The summed E-state index contributed by atoms with van der Waals surface area (Å²) in [5, 5.41) is 3.36. The SMILES string of the molecule is C=C/C=C\C(=C)c1ccc(/C=C\C(C)C/C=C/Nc2ccc(-c3ccccc3)cc2)cc1. The zero-order chi connectivity index (χ0) is 22.6. The Hall–Kier alpha value is -3.84. The predicted octanol–water partition coefficient (Wildman–Crippen LogP) is 8.77. The van der Waals surface area contributed by atoms with Crippen molar-refractivity contribution in [2.45, 2.75) is 13.3 Å². The number of hydrogen-bond acceptors (Lipinski definition) is 1. The van der Waals surface area contributed by atoms with Crippen molar-refractivity contribution in [2.75, 3.05) is 5.32 Å². The van der Waals surface area contributed by atoms with Crippen molar-refractivity contribution < 1.29 is 0 Å². The summed E-state index contributed by atoms with van der Waals surface area (Å²) in [5.41, 5.74) is 6.86. The van der Waals surface area contributed by atoms with Crippen LogP contribution in [-0.4, -0.2) is 0 Å². The van der Waals surface area contributed by atoms with Gasteiger partial charge in [0.25, 0.3) is 0 Å². The van der Waals surface area contributed by atoms with Gasteiger partial charge in [0, 0.05) is 5.69 Å². The minimum atomic E-state index is 0.457. The maximum Gasteiger partial charge on any atom is 0.0380 e. The van der Waals surface area contributed by atoms with Crippen LogP contribution >= 0.6 is 0 Å². The van der Waals surface area contributed by atoms with E-state index in [2.05, 4.69) is 116 Å². The van der Waals surface area contributed by atoms with Crippen molar-refractivity contribution >= 4 is 17.3 Å². The van der Waals surface area contributed by atoms with Gasteiger partial charge in [-0.3, -0.25) is 0 Å². The van der Waals surface area contributed by atoms with Gasteiger partial charge >= 0.3 is 0 Å². The van der Waals surface area contributed by atoms with E-state index in [1.807, 2.05) is 24.4 Å². The topological polar surface area (TPSA) is 12.0 Å². The Bertz CT molecular complexity index is 1080. The molecule has 0 saturated carbocycles. The summed E-state index contributed by atoms with van der Waals surface area (Å²) in [6.45, 7) is 10.0. The van der Waals surface area contributed by atoms with Crippen LogP contribution in [0.2, 0.25) is 0 Å². The fourth-order valence-corrected chi connectivity index (χ4v) is 3.27. The highest BCUT2D eigenvalue weighted by molar-refractivity contribution is 5.73. The van der Waals surface area contributed by atoms with E-state index in [0.717, 1.165) is 23.2 Å².